The van der Waals surface area contributed by atoms with E-state index in [1.807, 2.05) is 6.07 Å². The summed E-state index contributed by atoms with van der Waals surface area (Å²) in [4.78, 5) is 16.0. The fraction of sp³-hybridized carbons (Fsp3) is 0.467. The third-order valence-electron chi connectivity index (χ3n) is 4.72. The number of carbonyl (C=O) groups excluding carboxylic acids is 1. The van der Waals surface area contributed by atoms with Gasteiger partial charge in [-0.2, -0.15) is 0 Å². The number of aromatic nitrogens is 1. The van der Waals surface area contributed by atoms with Crippen molar-refractivity contribution < 1.29 is 9.21 Å². The topological polar surface area (TPSA) is 81.2 Å². The Balaban J connectivity index is 1.71. The largest absolute Gasteiger partial charge is 0.439 e. The highest BCUT2D eigenvalue weighted by Crippen LogP contribution is 2.44. The van der Waals surface area contributed by atoms with E-state index in [2.05, 4.69) is 10.3 Å². The van der Waals surface area contributed by atoms with Gasteiger partial charge < -0.3 is 15.5 Å². The molecule has 0 radical (unpaired) electrons. The second-order valence-electron chi connectivity index (χ2n) is 5.99. The predicted octanol–water partition coefficient (Wildman–Crippen LogP) is 1.93. The van der Waals surface area contributed by atoms with Gasteiger partial charge in [-0.3, -0.25) is 4.79 Å². The van der Waals surface area contributed by atoms with Crippen molar-refractivity contribution in [3.05, 3.63) is 29.7 Å². The Morgan fingerprint density at radius 1 is 1.45 bits per heavy atom. The van der Waals surface area contributed by atoms with Gasteiger partial charge >= 0.3 is 0 Å². The normalized spacial score (nSPS) is 24.1. The van der Waals surface area contributed by atoms with Crippen LogP contribution in [0.4, 0.5) is 0 Å². The molecule has 1 aliphatic heterocycles. The molecule has 104 valence electrons. The molecule has 5 nitrogen and oxygen atoms in total. The van der Waals surface area contributed by atoms with E-state index in [-0.39, 0.29) is 0 Å². The van der Waals surface area contributed by atoms with Crippen molar-refractivity contribution in [2.75, 3.05) is 6.54 Å². The predicted molar refractivity (Wildman–Crippen MR) is 74.5 cm³/mol. The van der Waals surface area contributed by atoms with Crippen molar-refractivity contribution in [1.82, 2.24) is 10.3 Å². The smallest absolute Gasteiger partial charge is 0.252 e. The van der Waals surface area contributed by atoms with Gasteiger partial charge in [-0.05, 0) is 37.8 Å². The molecule has 1 spiro atoms. The molecule has 2 aromatic rings. The summed E-state index contributed by atoms with van der Waals surface area (Å²) in [6.45, 7) is 0.902. The Hall–Kier alpha value is -1.88. The van der Waals surface area contributed by atoms with Gasteiger partial charge in [-0.1, -0.05) is 6.07 Å². The molecule has 2 heterocycles. The summed E-state index contributed by atoms with van der Waals surface area (Å²) < 4.78 is 5.85. The van der Waals surface area contributed by atoms with Gasteiger partial charge in [0.15, 0.2) is 11.5 Å². The minimum absolute atomic E-state index is 0.295. The Morgan fingerprint density at radius 2 is 2.30 bits per heavy atom. The average Bonchev–Trinajstić information content (AvgIpc) is 3.01. The second-order valence-corrected chi connectivity index (χ2v) is 5.99. The molecule has 20 heavy (non-hydrogen) atoms. The molecule has 1 saturated carbocycles. The molecule has 5 heteroatoms. The number of hydrogen-bond acceptors (Lipinski definition) is 4. The van der Waals surface area contributed by atoms with E-state index in [4.69, 9.17) is 10.2 Å². The van der Waals surface area contributed by atoms with Crippen LogP contribution in [0.15, 0.2) is 22.6 Å². The number of fused-ring (bicyclic) bond motifs is 1. The zero-order chi connectivity index (χ0) is 13.7. The summed E-state index contributed by atoms with van der Waals surface area (Å²) in [6.07, 6.45) is 4.87. The number of nitrogens with one attached hydrogen (secondary N) is 1. The summed E-state index contributed by atoms with van der Waals surface area (Å²) in [7, 11) is 0. The zero-order valence-electron chi connectivity index (χ0n) is 11.2. The molecule has 0 bridgehead atoms. The van der Waals surface area contributed by atoms with Crippen molar-refractivity contribution in [2.45, 2.75) is 37.1 Å². The number of carbonyl (C=O) groups is 1. The SMILES string of the molecule is NC(=O)c1cccc2nc(C3CNC4(CCC4)C3)oc12. The van der Waals surface area contributed by atoms with Gasteiger partial charge in [0.1, 0.15) is 5.52 Å². The molecule has 1 amide bonds. The monoisotopic (exact) mass is 271 g/mol. The van der Waals surface area contributed by atoms with Crippen LogP contribution in [0, 0.1) is 0 Å². The van der Waals surface area contributed by atoms with Crippen LogP contribution in [0.25, 0.3) is 11.1 Å². The molecular formula is C15H17N3O2. The maximum atomic E-state index is 11.4. The van der Waals surface area contributed by atoms with E-state index >= 15 is 0 Å². The third kappa shape index (κ3) is 1.66. The van der Waals surface area contributed by atoms with Crippen molar-refractivity contribution >= 4 is 17.0 Å². The first kappa shape index (κ1) is 11.9. The van der Waals surface area contributed by atoms with Gasteiger partial charge in [0, 0.05) is 18.0 Å². The summed E-state index contributed by atoms with van der Waals surface area (Å²) in [5.74, 6) is 0.548. The number of primary amides is 1. The number of rotatable bonds is 2. The quantitative estimate of drug-likeness (QED) is 0.874. The van der Waals surface area contributed by atoms with Gasteiger partial charge in [-0.25, -0.2) is 4.98 Å². The minimum atomic E-state index is -0.474. The van der Waals surface area contributed by atoms with Crippen LogP contribution in [0.1, 0.15) is 47.8 Å². The maximum Gasteiger partial charge on any atom is 0.252 e. The number of hydrogen-bond donors (Lipinski definition) is 2. The fourth-order valence-electron chi connectivity index (χ4n) is 3.45. The van der Waals surface area contributed by atoms with Crippen LogP contribution in [-0.2, 0) is 0 Å². The van der Waals surface area contributed by atoms with Crippen LogP contribution >= 0.6 is 0 Å². The minimum Gasteiger partial charge on any atom is -0.439 e. The van der Waals surface area contributed by atoms with Gasteiger partial charge in [-0.15, -0.1) is 0 Å². The standard InChI is InChI=1S/C15H17N3O2/c16-13(19)10-3-1-4-11-12(10)20-14(18-11)9-7-15(17-8-9)5-2-6-15/h1,3-4,9,17H,2,5-8H2,(H2,16,19). The molecule has 1 saturated heterocycles. The Kier molecular flexibility index (Phi) is 2.41. The van der Waals surface area contributed by atoms with Crippen LogP contribution in [0.3, 0.4) is 0 Å². The zero-order valence-corrected chi connectivity index (χ0v) is 11.2. The Morgan fingerprint density at radius 3 is 2.95 bits per heavy atom. The summed E-state index contributed by atoms with van der Waals surface area (Å²) in [6, 6.07) is 5.32. The van der Waals surface area contributed by atoms with Crippen LogP contribution < -0.4 is 11.1 Å². The first-order valence-electron chi connectivity index (χ1n) is 7.11. The van der Waals surface area contributed by atoms with E-state index in [0.29, 0.717) is 28.1 Å². The van der Waals surface area contributed by atoms with Gasteiger partial charge in [0.25, 0.3) is 5.91 Å². The highest BCUT2D eigenvalue weighted by molar-refractivity contribution is 6.03. The van der Waals surface area contributed by atoms with E-state index in [1.54, 1.807) is 12.1 Å². The summed E-state index contributed by atoms with van der Waals surface area (Å²) in [5.41, 5.74) is 7.33. The van der Waals surface area contributed by atoms with Crippen molar-refractivity contribution in [3.8, 4) is 0 Å². The van der Waals surface area contributed by atoms with Crippen molar-refractivity contribution in [1.29, 1.82) is 0 Å². The average molecular weight is 271 g/mol. The number of para-hydroxylation sites is 1. The van der Waals surface area contributed by atoms with E-state index in [9.17, 15) is 4.79 Å². The molecule has 1 aromatic carbocycles. The maximum absolute atomic E-state index is 11.4. The highest BCUT2D eigenvalue weighted by atomic mass is 16.3. The summed E-state index contributed by atoms with van der Waals surface area (Å²) >= 11 is 0. The molecule has 3 N–H and O–H groups in total. The lowest BCUT2D eigenvalue weighted by Crippen LogP contribution is -2.45. The number of nitrogens with two attached hydrogens (primary N) is 1. The summed E-state index contributed by atoms with van der Waals surface area (Å²) in [5, 5.41) is 3.61. The molecule has 1 aliphatic carbocycles. The Bertz CT molecular complexity index is 687. The van der Waals surface area contributed by atoms with Crippen LogP contribution in [0.2, 0.25) is 0 Å². The lowest BCUT2D eigenvalue weighted by molar-refractivity contribution is 0.100. The van der Waals surface area contributed by atoms with Crippen molar-refractivity contribution in [3.63, 3.8) is 0 Å². The fourth-order valence-corrected chi connectivity index (χ4v) is 3.45. The lowest BCUT2D eigenvalue weighted by atomic mass is 9.74. The van der Waals surface area contributed by atoms with E-state index < -0.39 is 5.91 Å². The molecule has 2 fully saturated rings. The molecular weight excluding hydrogens is 254 g/mol. The number of benzene rings is 1. The first-order chi connectivity index (χ1) is 9.67. The van der Waals surface area contributed by atoms with Crippen LogP contribution in [0.5, 0.6) is 0 Å². The third-order valence-corrected chi connectivity index (χ3v) is 4.72. The number of oxazole rings is 1. The number of nitrogens with zero attached hydrogens (tertiary/aromatic N) is 1. The van der Waals surface area contributed by atoms with Gasteiger partial charge in [0.2, 0.25) is 0 Å². The van der Waals surface area contributed by atoms with Crippen molar-refractivity contribution in [2.24, 2.45) is 5.73 Å². The van der Waals surface area contributed by atoms with E-state index in [0.717, 1.165) is 18.9 Å². The lowest BCUT2D eigenvalue weighted by Gasteiger charge is -2.38. The molecule has 2 aliphatic rings. The molecule has 1 unspecified atom stereocenters. The highest BCUT2D eigenvalue weighted by Gasteiger charge is 2.45. The molecule has 4 rings (SSSR count). The van der Waals surface area contributed by atoms with E-state index in [1.165, 1.54) is 19.3 Å². The first-order valence-corrected chi connectivity index (χ1v) is 7.11. The second kappa shape index (κ2) is 4.06. The van der Waals surface area contributed by atoms with Crippen LogP contribution in [-0.4, -0.2) is 23.0 Å². The molecule has 1 atom stereocenters. The van der Waals surface area contributed by atoms with Gasteiger partial charge in [0.05, 0.1) is 5.56 Å². The number of amides is 1. The Labute approximate surface area is 116 Å². The molecule has 1 aromatic heterocycles.